The molecule has 1 aromatic heterocycles. The highest BCUT2D eigenvalue weighted by Crippen LogP contribution is 2.41. The predicted octanol–water partition coefficient (Wildman–Crippen LogP) is 1.56. The van der Waals surface area contributed by atoms with Crippen molar-refractivity contribution in [2.24, 2.45) is 5.41 Å². The molecule has 0 aromatic carbocycles. The van der Waals surface area contributed by atoms with E-state index in [0.29, 0.717) is 31.0 Å². The molecule has 3 heterocycles. The average Bonchev–Trinajstić information content (AvgIpc) is 2.90. The van der Waals surface area contributed by atoms with Crippen LogP contribution in [0.2, 0.25) is 0 Å². The van der Waals surface area contributed by atoms with Crippen LogP contribution in [-0.4, -0.2) is 59.9 Å². The van der Waals surface area contributed by atoms with Gasteiger partial charge < -0.3 is 14.5 Å². The first-order valence-electron chi connectivity index (χ1n) is 8.14. The van der Waals surface area contributed by atoms with Crippen LogP contribution in [0.4, 0.5) is 0 Å². The largest absolute Gasteiger partial charge is 0.481 e. The first-order valence-corrected chi connectivity index (χ1v) is 8.14. The minimum Gasteiger partial charge on any atom is -0.481 e. The van der Waals surface area contributed by atoms with Crippen LogP contribution in [0.5, 0.6) is 5.88 Å². The number of rotatable bonds is 3. The fourth-order valence-corrected chi connectivity index (χ4v) is 3.63. The number of amides is 2. The molecule has 2 fully saturated rings. The summed E-state index contributed by atoms with van der Waals surface area (Å²) in [5, 5.41) is 0. The Bertz CT molecular complexity index is 609. The molecule has 2 aliphatic rings. The van der Waals surface area contributed by atoms with Crippen molar-refractivity contribution in [1.82, 2.24) is 14.8 Å². The van der Waals surface area contributed by atoms with Gasteiger partial charge in [0, 0.05) is 55.8 Å². The van der Waals surface area contributed by atoms with Crippen molar-refractivity contribution in [2.45, 2.75) is 26.2 Å². The van der Waals surface area contributed by atoms with E-state index in [2.05, 4.69) is 4.98 Å². The lowest BCUT2D eigenvalue weighted by molar-refractivity contribution is -0.127. The monoisotopic (exact) mass is 317 g/mol. The minimum atomic E-state index is 0.0113. The molecule has 0 saturated carbocycles. The predicted molar refractivity (Wildman–Crippen MR) is 85.2 cm³/mol. The van der Waals surface area contributed by atoms with Crippen LogP contribution in [0.3, 0.4) is 0 Å². The zero-order valence-electron chi connectivity index (χ0n) is 13.7. The molecule has 6 heteroatoms. The minimum absolute atomic E-state index is 0.0113. The maximum atomic E-state index is 12.6. The summed E-state index contributed by atoms with van der Waals surface area (Å²) in [5.41, 5.74) is 0.672. The van der Waals surface area contributed by atoms with Gasteiger partial charge >= 0.3 is 0 Å². The Labute approximate surface area is 136 Å². The molecule has 6 nitrogen and oxygen atoms in total. The lowest BCUT2D eigenvalue weighted by Crippen LogP contribution is -2.44. The van der Waals surface area contributed by atoms with Crippen LogP contribution in [0.15, 0.2) is 18.3 Å². The molecule has 0 aliphatic carbocycles. The van der Waals surface area contributed by atoms with Crippen molar-refractivity contribution in [3.63, 3.8) is 0 Å². The number of piperidine rings is 1. The van der Waals surface area contributed by atoms with Crippen LogP contribution in [0.25, 0.3) is 0 Å². The summed E-state index contributed by atoms with van der Waals surface area (Å²) in [6.07, 6.45) is 4.00. The summed E-state index contributed by atoms with van der Waals surface area (Å²) in [6.45, 7) is 5.04. The Hall–Kier alpha value is -2.11. The van der Waals surface area contributed by atoms with E-state index in [9.17, 15) is 9.59 Å². The number of carbonyl (C=O) groups excluding carboxylic acids is 2. The molecule has 2 aliphatic heterocycles. The molecular formula is C17H23N3O3. The maximum absolute atomic E-state index is 12.6. The van der Waals surface area contributed by atoms with Crippen LogP contribution in [-0.2, 0) is 4.79 Å². The molecule has 23 heavy (non-hydrogen) atoms. The Morgan fingerprint density at radius 2 is 2.13 bits per heavy atom. The van der Waals surface area contributed by atoms with Gasteiger partial charge in [-0.25, -0.2) is 4.98 Å². The summed E-state index contributed by atoms with van der Waals surface area (Å²) in [6, 6.07) is 3.39. The van der Waals surface area contributed by atoms with Crippen molar-refractivity contribution < 1.29 is 14.3 Å². The Morgan fingerprint density at radius 3 is 2.74 bits per heavy atom. The van der Waals surface area contributed by atoms with Crippen LogP contribution in [0.1, 0.15) is 36.5 Å². The molecule has 0 N–H and O–H groups in total. The zero-order chi connectivity index (χ0) is 16.4. The molecule has 0 radical (unpaired) electrons. The standard InChI is InChI=1S/C17H23N3O3/c1-3-19-12-17(11-15(19)21)5-8-20(9-6-17)16(22)13-4-7-18-14(10-13)23-2/h4,7,10H,3,5-6,8-9,11-12H2,1-2H3. The molecule has 1 spiro atoms. The zero-order valence-corrected chi connectivity index (χ0v) is 13.7. The van der Waals surface area contributed by atoms with Crippen LogP contribution >= 0.6 is 0 Å². The highest BCUT2D eigenvalue weighted by molar-refractivity contribution is 5.94. The number of ether oxygens (including phenoxy) is 1. The summed E-state index contributed by atoms with van der Waals surface area (Å²) < 4.78 is 5.08. The number of methoxy groups -OCH3 is 1. The van der Waals surface area contributed by atoms with E-state index < -0.39 is 0 Å². The SMILES string of the molecule is CCN1CC2(CCN(C(=O)c3ccnc(OC)c3)CC2)CC1=O. The number of pyridine rings is 1. The van der Waals surface area contributed by atoms with E-state index in [4.69, 9.17) is 4.74 Å². The normalized spacial score (nSPS) is 20.2. The molecule has 1 aromatic rings. The van der Waals surface area contributed by atoms with Gasteiger partial charge in [0.2, 0.25) is 11.8 Å². The maximum Gasteiger partial charge on any atom is 0.254 e. The Balaban J connectivity index is 1.65. The molecule has 0 unspecified atom stereocenters. The van der Waals surface area contributed by atoms with Gasteiger partial charge in [0.05, 0.1) is 7.11 Å². The van der Waals surface area contributed by atoms with Crippen molar-refractivity contribution >= 4 is 11.8 Å². The Kier molecular flexibility index (Phi) is 4.24. The van der Waals surface area contributed by atoms with Crippen molar-refractivity contribution in [3.05, 3.63) is 23.9 Å². The molecule has 0 atom stereocenters. The molecule has 0 bridgehead atoms. The third-order valence-corrected chi connectivity index (χ3v) is 5.09. The van der Waals surface area contributed by atoms with Gasteiger partial charge in [-0.1, -0.05) is 0 Å². The van der Waals surface area contributed by atoms with Gasteiger partial charge in [-0.2, -0.15) is 0 Å². The van der Waals surface area contributed by atoms with E-state index in [1.54, 1.807) is 18.3 Å². The number of aromatic nitrogens is 1. The second-order valence-electron chi connectivity index (χ2n) is 6.46. The molecule has 124 valence electrons. The smallest absolute Gasteiger partial charge is 0.254 e. The van der Waals surface area contributed by atoms with Crippen LogP contribution < -0.4 is 4.74 Å². The second-order valence-corrected chi connectivity index (χ2v) is 6.46. The van der Waals surface area contributed by atoms with Crippen molar-refractivity contribution in [1.29, 1.82) is 0 Å². The number of nitrogens with zero attached hydrogens (tertiary/aromatic N) is 3. The molecule has 2 saturated heterocycles. The first-order chi connectivity index (χ1) is 11.1. The average molecular weight is 317 g/mol. The third kappa shape index (κ3) is 3.02. The quantitative estimate of drug-likeness (QED) is 0.849. The highest BCUT2D eigenvalue weighted by atomic mass is 16.5. The van der Waals surface area contributed by atoms with Gasteiger partial charge in [0.1, 0.15) is 0 Å². The van der Waals surface area contributed by atoms with Crippen LogP contribution in [0, 0.1) is 5.41 Å². The highest BCUT2D eigenvalue weighted by Gasteiger charge is 2.44. The fraction of sp³-hybridized carbons (Fsp3) is 0.588. The molecular weight excluding hydrogens is 294 g/mol. The van der Waals surface area contributed by atoms with Crippen molar-refractivity contribution in [2.75, 3.05) is 33.3 Å². The van der Waals surface area contributed by atoms with Crippen molar-refractivity contribution in [3.8, 4) is 5.88 Å². The molecule has 3 rings (SSSR count). The first kappa shape index (κ1) is 15.8. The van der Waals surface area contributed by atoms with E-state index in [1.807, 2.05) is 16.7 Å². The number of hydrogen-bond donors (Lipinski definition) is 0. The summed E-state index contributed by atoms with van der Waals surface area (Å²) in [4.78, 5) is 32.5. The topological polar surface area (TPSA) is 62.7 Å². The van der Waals surface area contributed by atoms with E-state index >= 15 is 0 Å². The lowest BCUT2D eigenvalue weighted by Gasteiger charge is -2.38. The summed E-state index contributed by atoms with van der Waals surface area (Å²) >= 11 is 0. The van der Waals surface area contributed by atoms with Gasteiger partial charge in [-0.15, -0.1) is 0 Å². The van der Waals surface area contributed by atoms with Gasteiger partial charge in [-0.3, -0.25) is 9.59 Å². The fourth-order valence-electron chi connectivity index (χ4n) is 3.63. The van der Waals surface area contributed by atoms with E-state index in [0.717, 1.165) is 25.9 Å². The van der Waals surface area contributed by atoms with E-state index in [1.165, 1.54) is 7.11 Å². The third-order valence-electron chi connectivity index (χ3n) is 5.09. The number of hydrogen-bond acceptors (Lipinski definition) is 4. The second kappa shape index (κ2) is 6.18. The number of likely N-dealkylation sites (tertiary alicyclic amines) is 2. The lowest BCUT2D eigenvalue weighted by atomic mass is 9.77. The number of carbonyl (C=O) groups is 2. The van der Waals surface area contributed by atoms with Gasteiger partial charge in [0.25, 0.3) is 5.91 Å². The van der Waals surface area contributed by atoms with E-state index in [-0.39, 0.29) is 17.2 Å². The molecule has 2 amide bonds. The van der Waals surface area contributed by atoms with Gasteiger partial charge in [-0.05, 0) is 25.8 Å². The Morgan fingerprint density at radius 1 is 1.39 bits per heavy atom. The van der Waals surface area contributed by atoms with Gasteiger partial charge in [0.15, 0.2) is 0 Å². The summed E-state index contributed by atoms with van der Waals surface area (Å²) in [5.74, 6) is 0.715. The summed E-state index contributed by atoms with van der Waals surface area (Å²) in [7, 11) is 1.54.